The van der Waals surface area contributed by atoms with Gasteiger partial charge in [-0.2, -0.15) is 0 Å². The maximum atomic E-state index is 13.1. The van der Waals surface area contributed by atoms with Crippen molar-refractivity contribution in [3.63, 3.8) is 0 Å². The molecular weight excluding hydrogens is 512 g/mol. The van der Waals surface area contributed by atoms with Crippen LogP contribution in [-0.2, 0) is 53.7 Å². The minimum absolute atomic E-state index is 0.000168. The van der Waals surface area contributed by atoms with Gasteiger partial charge in [-0.1, -0.05) is 72.8 Å². The Hall–Kier alpha value is -5.46. The quantitative estimate of drug-likeness (QED) is 0.266. The van der Waals surface area contributed by atoms with Crippen LogP contribution >= 0.6 is 0 Å². The fraction of sp³-hybridized carbons (Fsp3) is 0.207. The maximum absolute atomic E-state index is 13.1. The Balaban J connectivity index is 1.68. The minimum Gasteiger partial charge on any atom is -0.333 e. The highest BCUT2D eigenvalue weighted by atomic mass is 16.2. The third kappa shape index (κ3) is 9.45. The van der Waals surface area contributed by atoms with Crippen molar-refractivity contribution in [2.75, 3.05) is 0 Å². The molecule has 3 aromatic rings. The summed E-state index contributed by atoms with van der Waals surface area (Å²) in [5.74, 6) is 0. The summed E-state index contributed by atoms with van der Waals surface area (Å²) >= 11 is 0. The molecule has 2 N–H and O–H groups in total. The maximum Gasteiger partial charge on any atom is 0.326 e. The molecule has 0 fully saturated rings. The number of isocyanates is 3. The number of nitrogens with zero attached hydrogens (tertiary/aromatic N) is 4. The second kappa shape index (κ2) is 15.7. The van der Waals surface area contributed by atoms with Crippen molar-refractivity contribution < 1.29 is 24.0 Å². The Kier molecular flexibility index (Phi) is 11.4. The number of carbonyl (C=O) groups excluding carboxylic acids is 5. The van der Waals surface area contributed by atoms with Gasteiger partial charge in [0, 0.05) is 13.1 Å². The second-order valence-electron chi connectivity index (χ2n) is 8.58. The average Bonchev–Trinajstić information content (AvgIpc) is 2.99. The normalized spacial score (nSPS) is 9.80. The molecule has 0 spiro atoms. The summed E-state index contributed by atoms with van der Waals surface area (Å²) in [6.07, 6.45) is 4.48. The van der Waals surface area contributed by atoms with Crippen LogP contribution in [0.5, 0.6) is 0 Å². The van der Waals surface area contributed by atoms with Gasteiger partial charge >= 0.3 is 12.1 Å². The smallest absolute Gasteiger partial charge is 0.326 e. The summed E-state index contributed by atoms with van der Waals surface area (Å²) in [4.78, 5) is 68.9. The zero-order chi connectivity index (χ0) is 28.6. The molecule has 0 unspecified atom stereocenters. The van der Waals surface area contributed by atoms with Gasteiger partial charge in [-0.15, -0.1) is 0 Å². The summed E-state index contributed by atoms with van der Waals surface area (Å²) in [5, 5.41) is 5.54. The summed E-state index contributed by atoms with van der Waals surface area (Å²) in [6, 6.07) is 20.2. The van der Waals surface area contributed by atoms with Gasteiger partial charge in [-0.25, -0.2) is 43.8 Å². The fourth-order valence-corrected chi connectivity index (χ4v) is 3.61. The van der Waals surface area contributed by atoms with E-state index in [1.165, 1.54) is 18.2 Å². The molecule has 11 nitrogen and oxygen atoms in total. The van der Waals surface area contributed by atoms with E-state index in [0.717, 1.165) is 32.7 Å². The Morgan fingerprint density at radius 3 is 1.15 bits per heavy atom. The number of amides is 4. The number of imide groups is 1. The van der Waals surface area contributed by atoms with Crippen molar-refractivity contribution in [3.8, 4) is 0 Å². The topological polar surface area (TPSA) is 150 Å². The van der Waals surface area contributed by atoms with Crippen LogP contribution in [0, 0.1) is 0 Å². The van der Waals surface area contributed by atoms with Crippen LogP contribution in [0.3, 0.4) is 0 Å². The van der Waals surface area contributed by atoms with E-state index >= 15 is 0 Å². The van der Waals surface area contributed by atoms with Crippen molar-refractivity contribution in [3.05, 3.63) is 106 Å². The molecule has 40 heavy (non-hydrogen) atoms. The van der Waals surface area contributed by atoms with E-state index in [2.05, 4.69) is 25.6 Å². The number of carbonyl (C=O) groups is 2. The summed E-state index contributed by atoms with van der Waals surface area (Å²) < 4.78 is 0. The Morgan fingerprint density at radius 1 is 0.525 bits per heavy atom. The molecule has 3 rings (SSSR count). The first kappa shape index (κ1) is 29.1. The highest BCUT2D eigenvalue weighted by molar-refractivity contribution is 5.93. The van der Waals surface area contributed by atoms with Crippen molar-refractivity contribution >= 4 is 30.3 Å². The Morgan fingerprint density at radius 2 is 0.825 bits per heavy atom. The molecule has 0 heterocycles. The van der Waals surface area contributed by atoms with E-state index < -0.39 is 12.1 Å². The number of rotatable bonds is 12. The summed E-state index contributed by atoms with van der Waals surface area (Å²) in [6.45, 7) is 0.981. The van der Waals surface area contributed by atoms with Gasteiger partial charge in [0.15, 0.2) is 0 Å². The van der Waals surface area contributed by atoms with Crippen molar-refractivity contribution in [2.24, 2.45) is 15.0 Å². The first-order valence-corrected chi connectivity index (χ1v) is 12.2. The van der Waals surface area contributed by atoms with Gasteiger partial charge in [0.2, 0.25) is 18.2 Å². The number of benzene rings is 3. The molecule has 0 bridgehead atoms. The molecule has 3 aromatic carbocycles. The number of hydrogen-bond acceptors (Lipinski definition) is 8. The largest absolute Gasteiger partial charge is 0.333 e. The number of hydrogen-bond donors (Lipinski definition) is 2. The number of urea groups is 2. The third-order valence-corrected chi connectivity index (χ3v) is 5.77. The zero-order valence-electron chi connectivity index (χ0n) is 21.5. The van der Waals surface area contributed by atoms with Crippen LogP contribution in [0.25, 0.3) is 0 Å². The number of nitrogens with one attached hydrogen (secondary N) is 2. The minimum atomic E-state index is -0.594. The van der Waals surface area contributed by atoms with Gasteiger partial charge in [0.25, 0.3) is 0 Å². The molecule has 0 aliphatic heterocycles. The lowest BCUT2D eigenvalue weighted by Gasteiger charge is -2.22. The third-order valence-electron chi connectivity index (χ3n) is 5.77. The second-order valence-corrected chi connectivity index (χ2v) is 8.58. The van der Waals surface area contributed by atoms with Crippen LogP contribution in [0.15, 0.2) is 87.8 Å². The summed E-state index contributed by atoms with van der Waals surface area (Å²) in [5.41, 5.74) is 4.73. The van der Waals surface area contributed by atoms with Crippen molar-refractivity contribution in [1.82, 2.24) is 15.5 Å². The van der Waals surface area contributed by atoms with Gasteiger partial charge in [-0.05, 0) is 33.4 Å². The van der Waals surface area contributed by atoms with Crippen LogP contribution in [0.2, 0.25) is 0 Å². The van der Waals surface area contributed by atoms with Gasteiger partial charge in [0.1, 0.15) is 0 Å². The summed E-state index contributed by atoms with van der Waals surface area (Å²) in [7, 11) is 0. The van der Waals surface area contributed by atoms with Gasteiger partial charge in [-0.3, -0.25) is 0 Å². The predicted octanol–water partition coefficient (Wildman–Crippen LogP) is 3.82. The van der Waals surface area contributed by atoms with Crippen LogP contribution < -0.4 is 10.6 Å². The molecule has 11 heteroatoms. The molecule has 0 aliphatic rings. The van der Waals surface area contributed by atoms with Gasteiger partial charge < -0.3 is 10.6 Å². The zero-order valence-corrected chi connectivity index (χ0v) is 21.5. The molecule has 4 amide bonds. The van der Waals surface area contributed by atoms with E-state index in [1.54, 1.807) is 72.8 Å². The molecule has 0 aliphatic carbocycles. The molecule has 202 valence electrons. The highest BCUT2D eigenvalue weighted by Crippen LogP contribution is 2.11. The number of aliphatic imine (C=N–C) groups is 3. The molecule has 0 saturated carbocycles. The Labute approximate surface area is 230 Å². The molecule has 0 atom stereocenters. The van der Waals surface area contributed by atoms with Gasteiger partial charge in [0.05, 0.1) is 26.2 Å². The fourth-order valence-electron chi connectivity index (χ4n) is 3.61. The molecule has 0 aromatic heterocycles. The lowest BCUT2D eigenvalue weighted by molar-refractivity contribution is 0.183. The van der Waals surface area contributed by atoms with E-state index in [-0.39, 0.29) is 39.3 Å². The monoisotopic (exact) mass is 538 g/mol. The van der Waals surface area contributed by atoms with Crippen LogP contribution in [-0.4, -0.2) is 35.2 Å². The molecule has 0 saturated heterocycles. The lowest BCUT2D eigenvalue weighted by Crippen LogP contribution is -2.47. The van der Waals surface area contributed by atoms with Crippen molar-refractivity contribution in [2.45, 2.75) is 39.3 Å². The van der Waals surface area contributed by atoms with E-state index in [0.29, 0.717) is 5.56 Å². The Bertz CT molecular complexity index is 1360. The first-order valence-electron chi connectivity index (χ1n) is 12.2. The molecule has 0 radical (unpaired) electrons. The standard InChI is InChI=1S/C29H26N6O5/c36-19-30-13-22-1-5-25(6-2-22)16-33-28(39)35(18-27-11-9-24(10-12-27)15-32-21-38)29(40)34-17-26-7-3-23(4-8-26)14-31-20-37/h1-12H,13-18H2,(H,33,39)(H,34,40). The lowest BCUT2D eigenvalue weighted by atomic mass is 10.1. The average molecular weight is 539 g/mol. The first-order chi connectivity index (χ1) is 19.5. The van der Waals surface area contributed by atoms with Crippen LogP contribution in [0.4, 0.5) is 9.59 Å². The van der Waals surface area contributed by atoms with Crippen LogP contribution in [0.1, 0.15) is 33.4 Å². The van der Waals surface area contributed by atoms with E-state index in [9.17, 15) is 24.0 Å². The molecular formula is C29H26N6O5. The van der Waals surface area contributed by atoms with E-state index in [1.807, 2.05) is 0 Å². The predicted molar refractivity (Wildman–Crippen MR) is 145 cm³/mol. The van der Waals surface area contributed by atoms with Crippen molar-refractivity contribution in [1.29, 1.82) is 0 Å². The SMILES string of the molecule is O=C=NCc1ccc(CNC(=O)N(Cc2ccc(CN=C=O)cc2)C(=O)NCc2ccc(CN=C=O)cc2)cc1. The van der Waals surface area contributed by atoms with E-state index in [4.69, 9.17) is 0 Å². The highest BCUT2D eigenvalue weighted by Gasteiger charge is 2.21.